The summed E-state index contributed by atoms with van der Waals surface area (Å²) in [6.07, 6.45) is 9.18. The zero-order chi connectivity index (χ0) is 17.1. The quantitative estimate of drug-likeness (QED) is 0.911. The Morgan fingerprint density at radius 2 is 1.92 bits per heavy atom. The summed E-state index contributed by atoms with van der Waals surface area (Å²) in [7, 11) is 0. The van der Waals surface area contributed by atoms with E-state index in [2.05, 4.69) is 10.2 Å². The van der Waals surface area contributed by atoms with Gasteiger partial charge >= 0.3 is 0 Å². The normalized spacial score (nSPS) is 24.2. The molecule has 136 valence electrons. The van der Waals surface area contributed by atoms with E-state index in [4.69, 9.17) is 9.47 Å². The van der Waals surface area contributed by atoms with Crippen molar-refractivity contribution in [2.45, 2.75) is 51.0 Å². The Kier molecular flexibility index (Phi) is 5.11. The summed E-state index contributed by atoms with van der Waals surface area (Å²) in [5, 5.41) is 3.22. The number of hydrogen-bond acceptors (Lipinski definition) is 4. The minimum atomic E-state index is -0.0113. The number of fused-ring (bicyclic) bond motifs is 1. The predicted molar refractivity (Wildman–Crippen MR) is 96.1 cm³/mol. The van der Waals surface area contributed by atoms with Gasteiger partial charge in [0.05, 0.1) is 0 Å². The summed E-state index contributed by atoms with van der Waals surface area (Å²) in [4.78, 5) is 15.1. The maximum atomic E-state index is 12.6. The van der Waals surface area contributed by atoms with Crippen LogP contribution in [0.15, 0.2) is 18.2 Å². The number of amides is 1. The van der Waals surface area contributed by atoms with Gasteiger partial charge in [-0.25, -0.2) is 0 Å². The van der Waals surface area contributed by atoms with Crippen LogP contribution in [0.1, 0.15) is 55.3 Å². The van der Waals surface area contributed by atoms with Crippen LogP contribution in [0, 0.1) is 5.92 Å². The fraction of sp³-hybridized carbons (Fsp3) is 0.650. The highest BCUT2D eigenvalue weighted by atomic mass is 16.7. The van der Waals surface area contributed by atoms with Crippen LogP contribution in [-0.4, -0.2) is 43.3 Å². The van der Waals surface area contributed by atoms with Gasteiger partial charge in [0.15, 0.2) is 11.5 Å². The van der Waals surface area contributed by atoms with E-state index in [0.29, 0.717) is 17.1 Å². The molecular weight excluding hydrogens is 316 g/mol. The van der Waals surface area contributed by atoms with Crippen LogP contribution in [-0.2, 0) is 0 Å². The van der Waals surface area contributed by atoms with Gasteiger partial charge in [-0.3, -0.25) is 4.79 Å². The third-order valence-electron chi connectivity index (χ3n) is 5.72. The zero-order valence-corrected chi connectivity index (χ0v) is 14.8. The lowest BCUT2D eigenvalue weighted by atomic mass is 9.88. The highest BCUT2D eigenvalue weighted by Gasteiger charge is 2.25. The van der Waals surface area contributed by atoms with E-state index in [0.717, 1.165) is 18.9 Å². The van der Waals surface area contributed by atoms with Gasteiger partial charge in [0.25, 0.3) is 5.91 Å². The molecule has 1 aromatic rings. The summed E-state index contributed by atoms with van der Waals surface area (Å²) in [6.45, 7) is 3.59. The number of hydrogen-bond donors (Lipinski definition) is 1. The molecule has 25 heavy (non-hydrogen) atoms. The van der Waals surface area contributed by atoms with Crippen LogP contribution >= 0.6 is 0 Å². The molecule has 1 aromatic carbocycles. The second-order valence-electron chi connectivity index (χ2n) is 7.64. The summed E-state index contributed by atoms with van der Waals surface area (Å²) >= 11 is 0. The number of rotatable bonds is 4. The molecule has 1 unspecified atom stereocenters. The molecule has 1 N–H and O–H groups in total. The van der Waals surface area contributed by atoms with Crippen LogP contribution in [0.5, 0.6) is 11.5 Å². The van der Waals surface area contributed by atoms with Gasteiger partial charge < -0.3 is 19.7 Å². The van der Waals surface area contributed by atoms with E-state index < -0.39 is 0 Å². The second-order valence-corrected chi connectivity index (χ2v) is 7.64. The minimum Gasteiger partial charge on any atom is -0.454 e. The van der Waals surface area contributed by atoms with Gasteiger partial charge in [0, 0.05) is 24.7 Å². The average Bonchev–Trinajstić information content (AvgIpc) is 3.10. The highest BCUT2D eigenvalue weighted by Crippen LogP contribution is 2.32. The first-order valence-corrected chi connectivity index (χ1v) is 9.71. The molecule has 2 fully saturated rings. The molecular formula is C20H28N2O3. The number of benzene rings is 1. The van der Waals surface area contributed by atoms with Crippen molar-refractivity contribution in [2.75, 3.05) is 26.4 Å². The van der Waals surface area contributed by atoms with Crippen molar-refractivity contribution in [1.29, 1.82) is 0 Å². The van der Waals surface area contributed by atoms with E-state index in [1.807, 2.05) is 12.1 Å². The fourth-order valence-electron chi connectivity index (χ4n) is 4.38. The third kappa shape index (κ3) is 4.09. The van der Waals surface area contributed by atoms with E-state index in [1.54, 1.807) is 6.07 Å². The minimum absolute atomic E-state index is 0.0113. The first kappa shape index (κ1) is 16.7. The molecule has 2 aliphatic heterocycles. The molecule has 1 aliphatic carbocycles. The highest BCUT2D eigenvalue weighted by molar-refractivity contribution is 5.95. The fourth-order valence-corrected chi connectivity index (χ4v) is 4.38. The lowest BCUT2D eigenvalue weighted by molar-refractivity contribution is 0.0889. The van der Waals surface area contributed by atoms with Crippen LogP contribution in [0.4, 0.5) is 0 Å². The maximum absolute atomic E-state index is 12.6. The molecule has 0 aromatic heterocycles. The van der Waals surface area contributed by atoms with E-state index >= 15 is 0 Å². The van der Waals surface area contributed by atoms with Crippen LogP contribution in [0.25, 0.3) is 0 Å². The topological polar surface area (TPSA) is 50.8 Å². The summed E-state index contributed by atoms with van der Waals surface area (Å²) < 4.78 is 10.7. The molecule has 1 saturated heterocycles. The SMILES string of the molecule is O=C(NC1CCCN(CC2CCCCC2)C1)c1ccc2c(c1)OCO2. The van der Waals surface area contributed by atoms with Crippen LogP contribution < -0.4 is 14.8 Å². The molecule has 5 nitrogen and oxygen atoms in total. The number of piperidine rings is 1. The summed E-state index contributed by atoms with van der Waals surface area (Å²) in [5.41, 5.74) is 0.647. The average molecular weight is 344 g/mol. The second kappa shape index (κ2) is 7.65. The Morgan fingerprint density at radius 3 is 2.80 bits per heavy atom. The Balaban J connectivity index is 1.31. The van der Waals surface area contributed by atoms with E-state index in [9.17, 15) is 4.79 Å². The van der Waals surface area contributed by atoms with Crippen molar-refractivity contribution in [3.63, 3.8) is 0 Å². The lowest BCUT2D eigenvalue weighted by Gasteiger charge is -2.36. The van der Waals surface area contributed by atoms with Crippen molar-refractivity contribution < 1.29 is 14.3 Å². The van der Waals surface area contributed by atoms with Crippen LogP contribution in [0.3, 0.4) is 0 Å². The Hall–Kier alpha value is -1.75. The number of nitrogens with zero attached hydrogens (tertiary/aromatic N) is 1. The largest absolute Gasteiger partial charge is 0.454 e. The monoisotopic (exact) mass is 344 g/mol. The van der Waals surface area contributed by atoms with Gasteiger partial charge in [-0.2, -0.15) is 0 Å². The summed E-state index contributed by atoms with van der Waals surface area (Å²) in [6, 6.07) is 5.65. The molecule has 1 amide bonds. The van der Waals surface area contributed by atoms with Gasteiger partial charge in [-0.1, -0.05) is 19.3 Å². The number of ether oxygens (including phenoxy) is 2. The first-order valence-electron chi connectivity index (χ1n) is 9.71. The molecule has 0 radical (unpaired) electrons. The van der Waals surface area contributed by atoms with Crippen LogP contribution in [0.2, 0.25) is 0 Å². The van der Waals surface area contributed by atoms with E-state index in [1.165, 1.54) is 51.6 Å². The van der Waals surface area contributed by atoms with Crippen molar-refractivity contribution in [1.82, 2.24) is 10.2 Å². The van der Waals surface area contributed by atoms with E-state index in [-0.39, 0.29) is 18.7 Å². The Morgan fingerprint density at radius 1 is 1.08 bits per heavy atom. The number of likely N-dealkylation sites (tertiary alicyclic amines) is 1. The molecule has 3 aliphatic rings. The predicted octanol–water partition coefficient (Wildman–Crippen LogP) is 3.19. The Labute approximate surface area is 149 Å². The van der Waals surface area contributed by atoms with Gasteiger partial charge in [0.2, 0.25) is 6.79 Å². The number of nitrogens with one attached hydrogen (secondary N) is 1. The maximum Gasteiger partial charge on any atom is 0.251 e. The van der Waals surface area contributed by atoms with Crippen molar-refractivity contribution in [3.05, 3.63) is 23.8 Å². The Bertz CT molecular complexity index is 613. The third-order valence-corrected chi connectivity index (χ3v) is 5.72. The lowest BCUT2D eigenvalue weighted by Crippen LogP contribution is -2.48. The smallest absolute Gasteiger partial charge is 0.251 e. The molecule has 4 rings (SSSR count). The molecule has 0 spiro atoms. The van der Waals surface area contributed by atoms with Crippen molar-refractivity contribution in [2.24, 2.45) is 5.92 Å². The van der Waals surface area contributed by atoms with Crippen molar-refractivity contribution >= 4 is 5.91 Å². The van der Waals surface area contributed by atoms with Crippen molar-refractivity contribution in [3.8, 4) is 11.5 Å². The standard InChI is InChI=1S/C20H28N2O3/c23-20(16-8-9-18-19(11-16)25-14-24-18)21-17-7-4-10-22(13-17)12-15-5-2-1-3-6-15/h8-9,11,15,17H,1-7,10,12-14H2,(H,21,23). The van der Waals surface area contributed by atoms with Gasteiger partial charge in [0.1, 0.15) is 0 Å². The molecule has 0 bridgehead atoms. The molecule has 1 atom stereocenters. The number of carbonyl (C=O) groups excluding carboxylic acids is 1. The molecule has 5 heteroatoms. The number of carbonyl (C=O) groups is 1. The van der Waals surface area contributed by atoms with Gasteiger partial charge in [-0.05, 0) is 56.3 Å². The first-order chi connectivity index (χ1) is 12.3. The summed E-state index contributed by atoms with van der Waals surface area (Å²) in [5.74, 6) is 2.22. The van der Waals surface area contributed by atoms with Gasteiger partial charge in [-0.15, -0.1) is 0 Å². The molecule has 2 heterocycles. The molecule has 1 saturated carbocycles. The zero-order valence-electron chi connectivity index (χ0n) is 14.8.